The van der Waals surface area contributed by atoms with Crippen molar-refractivity contribution in [1.29, 1.82) is 0 Å². The first-order valence-electron chi connectivity index (χ1n) is 9.96. The van der Waals surface area contributed by atoms with E-state index in [0.29, 0.717) is 12.2 Å². The zero-order chi connectivity index (χ0) is 23.0. The maximum atomic E-state index is 12.7. The number of sulfonamides is 1. The molecular formula is C22H29N3O5S. The van der Waals surface area contributed by atoms with Gasteiger partial charge in [-0.15, -0.1) is 0 Å². The second-order valence-electron chi connectivity index (χ2n) is 7.23. The minimum Gasteiger partial charge on any atom is -0.483 e. The zero-order valence-electron chi connectivity index (χ0n) is 18.3. The van der Waals surface area contributed by atoms with Gasteiger partial charge in [0.15, 0.2) is 6.61 Å². The number of likely N-dealkylation sites (N-methyl/N-ethyl adjacent to an activating group) is 1. The lowest BCUT2D eigenvalue weighted by molar-refractivity contribution is -0.130. The molecule has 0 unspecified atom stereocenters. The van der Waals surface area contributed by atoms with Crippen molar-refractivity contribution in [3.8, 4) is 5.75 Å². The molecule has 0 saturated carbocycles. The van der Waals surface area contributed by atoms with Crippen molar-refractivity contribution in [3.05, 3.63) is 54.1 Å². The first-order valence-corrected chi connectivity index (χ1v) is 11.4. The van der Waals surface area contributed by atoms with E-state index in [1.165, 1.54) is 33.5 Å². The summed E-state index contributed by atoms with van der Waals surface area (Å²) in [4.78, 5) is 26.0. The number of rotatable bonds is 10. The van der Waals surface area contributed by atoms with E-state index in [0.717, 1.165) is 12.8 Å². The summed E-state index contributed by atoms with van der Waals surface area (Å²) in [5, 5.41) is 2.73. The molecule has 168 valence electrons. The van der Waals surface area contributed by atoms with Crippen LogP contribution in [-0.4, -0.2) is 63.7 Å². The molecule has 0 atom stereocenters. The Kier molecular flexibility index (Phi) is 8.58. The average molecular weight is 448 g/mol. The molecule has 2 aromatic rings. The molecule has 0 fully saturated rings. The fourth-order valence-electron chi connectivity index (χ4n) is 2.64. The van der Waals surface area contributed by atoms with Crippen LogP contribution in [0.5, 0.6) is 5.75 Å². The van der Waals surface area contributed by atoms with Gasteiger partial charge >= 0.3 is 0 Å². The largest absolute Gasteiger partial charge is 0.483 e. The van der Waals surface area contributed by atoms with Crippen molar-refractivity contribution in [2.75, 3.05) is 39.6 Å². The molecule has 0 bridgehead atoms. The number of carbonyl (C=O) groups excluding carboxylic acids is 2. The van der Waals surface area contributed by atoms with Crippen LogP contribution in [0.15, 0.2) is 53.4 Å². The predicted octanol–water partition coefficient (Wildman–Crippen LogP) is 2.83. The first kappa shape index (κ1) is 24.4. The fraction of sp³-hybridized carbons (Fsp3) is 0.364. The van der Waals surface area contributed by atoms with Gasteiger partial charge in [0.2, 0.25) is 10.0 Å². The molecule has 0 radical (unpaired) electrons. The van der Waals surface area contributed by atoms with Gasteiger partial charge in [-0.25, -0.2) is 12.7 Å². The molecule has 1 N–H and O–H groups in total. The Morgan fingerprint density at radius 1 is 1.00 bits per heavy atom. The lowest BCUT2D eigenvalue weighted by Crippen LogP contribution is -2.28. The van der Waals surface area contributed by atoms with Crippen LogP contribution in [0.2, 0.25) is 0 Å². The van der Waals surface area contributed by atoms with E-state index in [4.69, 9.17) is 4.74 Å². The molecule has 0 spiro atoms. The summed E-state index contributed by atoms with van der Waals surface area (Å²) in [6, 6.07) is 12.6. The van der Waals surface area contributed by atoms with Gasteiger partial charge in [0, 0.05) is 33.4 Å². The molecule has 0 saturated heterocycles. The van der Waals surface area contributed by atoms with Crippen LogP contribution in [-0.2, 0) is 14.8 Å². The van der Waals surface area contributed by atoms with E-state index in [9.17, 15) is 18.0 Å². The standard InChI is InChI=1S/C22H29N3O5S/c1-5-6-15-25(4)31(28,29)18-13-11-17(12-14-18)23-22(27)19-9-7-8-10-20(19)30-16-21(26)24(2)3/h7-14H,5-6,15-16H2,1-4H3,(H,23,27). The predicted molar refractivity (Wildman–Crippen MR) is 120 cm³/mol. The molecule has 0 aliphatic carbocycles. The van der Waals surface area contributed by atoms with Crippen LogP contribution in [0.4, 0.5) is 5.69 Å². The Morgan fingerprint density at radius 3 is 2.26 bits per heavy atom. The van der Waals surface area contributed by atoms with E-state index in [1.54, 1.807) is 45.4 Å². The summed E-state index contributed by atoms with van der Waals surface area (Å²) in [7, 11) is 1.22. The van der Waals surface area contributed by atoms with E-state index >= 15 is 0 Å². The quantitative estimate of drug-likeness (QED) is 0.604. The van der Waals surface area contributed by atoms with Crippen LogP contribution in [0.3, 0.4) is 0 Å². The van der Waals surface area contributed by atoms with Crippen molar-refractivity contribution in [2.24, 2.45) is 0 Å². The summed E-state index contributed by atoms with van der Waals surface area (Å²) in [6.45, 7) is 2.26. The second kappa shape index (κ2) is 10.9. The van der Waals surface area contributed by atoms with Gasteiger partial charge in [-0.05, 0) is 42.8 Å². The van der Waals surface area contributed by atoms with Crippen LogP contribution in [0.1, 0.15) is 30.1 Å². The maximum absolute atomic E-state index is 12.7. The molecule has 9 heteroatoms. The van der Waals surface area contributed by atoms with Crippen LogP contribution < -0.4 is 10.1 Å². The Hall–Kier alpha value is -2.91. The third-order valence-electron chi connectivity index (χ3n) is 4.63. The highest BCUT2D eigenvalue weighted by Crippen LogP contribution is 2.22. The number of nitrogens with one attached hydrogen (secondary N) is 1. The second-order valence-corrected chi connectivity index (χ2v) is 9.28. The third kappa shape index (κ3) is 6.53. The Labute approximate surface area is 183 Å². The first-order chi connectivity index (χ1) is 14.7. The lowest BCUT2D eigenvalue weighted by atomic mass is 10.2. The summed E-state index contributed by atoms with van der Waals surface area (Å²) >= 11 is 0. The average Bonchev–Trinajstić information content (AvgIpc) is 2.76. The number of carbonyl (C=O) groups is 2. The summed E-state index contributed by atoms with van der Waals surface area (Å²) in [5.74, 6) is -0.369. The SMILES string of the molecule is CCCCN(C)S(=O)(=O)c1ccc(NC(=O)c2ccccc2OCC(=O)N(C)C)cc1. The Morgan fingerprint density at radius 2 is 1.65 bits per heavy atom. The number of hydrogen-bond donors (Lipinski definition) is 1. The zero-order valence-corrected chi connectivity index (χ0v) is 19.1. The lowest BCUT2D eigenvalue weighted by Gasteiger charge is -2.17. The number of anilines is 1. The van der Waals surface area contributed by atoms with E-state index < -0.39 is 15.9 Å². The van der Waals surface area contributed by atoms with Gasteiger partial charge in [0.25, 0.3) is 11.8 Å². The third-order valence-corrected chi connectivity index (χ3v) is 6.50. The number of para-hydroxylation sites is 1. The van der Waals surface area contributed by atoms with Crippen LogP contribution >= 0.6 is 0 Å². The van der Waals surface area contributed by atoms with Crippen molar-refractivity contribution in [1.82, 2.24) is 9.21 Å². The smallest absolute Gasteiger partial charge is 0.259 e. The molecule has 0 aliphatic heterocycles. The van der Waals surface area contributed by atoms with Gasteiger partial charge in [-0.2, -0.15) is 0 Å². The van der Waals surface area contributed by atoms with Crippen LogP contribution in [0, 0.1) is 0 Å². The maximum Gasteiger partial charge on any atom is 0.259 e. The molecule has 0 aliphatic rings. The Bertz CT molecular complexity index is 1000. The highest BCUT2D eigenvalue weighted by Gasteiger charge is 2.20. The number of amides is 2. The minimum absolute atomic E-state index is 0.162. The molecule has 31 heavy (non-hydrogen) atoms. The van der Waals surface area contributed by atoms with Gasteiger partial charge < -0.3 is 15.0 Å². The van der Waals surface area contributed by atoms with Crippen molar-refractivity contribution < 1.29 is 22.7 Å². The summed E-state index contributed by atoms with van der Waals surface area (Å²) in [5.41, 5.74) is 0.712. The molecule has 2 aromatic carbocycles. The van der Waals surface area contributed by atoms with Gasteiger partial charge in [0.05, 0.1) is 10.5 Å². The number of ether oxygens (including phenoxy) is 1. The van der Waals surface area contributed by atoms with Crippen molar-refractivity contribution >= 4 is 27.5 Å². The molecule has 2 amide bonds. The van der Waals surface area contributed by atoms with Crippen molar-refractivity contribution in [3.63, 3.8) is 0 Å². The number of hydrogen-bond acceptors (Lipinski definition) is 5. The monoisotopic (exact) mass is 447 g/mol. The molecule has 0 heterocycles. The molecule has 2 rings (SSSR count). The highest BCUT2D eigenvalue weighted by atomic mass is 32.2. The van der Waals surface area contributed by atoms with E-state index in [-0.39, 0.29) is 28.7 Å². The molecular weight excluding hydrogens is 418 g/mol. The molecule has 8 nitrogen and oxygen atoms in total. The van der Waals surface area contributed by atoms with E-state index in [2.05, 4.69) is 5.32 Å². The topological polar surface area (TPSA) is 96.0 Å². The van der Waals surface area contributed by atoms with Crippen molar-refractivity contribution in [2.45, 2.75) is 24.7 Å². The van der Waals surface area contributed by atoms with Gasteiger partial charge in [0.1, 0.15) is 5.75 Å². The number of nitrogens with zero attached hydrogens (tertiary/aromatic N) is 2. The highest BCUT2D eigenvalue weighted by molar-refractivity contribution is 7.89. The summed E-state index contributed by atoms with van der Waals surface area (Å²) < 4.78 is 32.0. The van der Waals surface area contributed by atoms with Gasteiger partial charge in [-0.1, -0.05) is 25.5 Å². The Balaban J connectivity index is 2.11. The van der Waals surface area contributed by atoms with Crippen LogP contribution in [0.25, 0.3) is 0 Å². The molecule has 0 aromatic heterocycles. The number of benzene rings is 2. The fourth-order valence-corrected chi connectivity index (χ4v) is 3.85. The van der Waals surface area contributed by atoms with Gasteiger partial charge in [-0.3, -0.25) is 9.59 Å². The minimum atomic E-state index is -3.57. The summed E-state index contributed by atoms with van der Waals surface area (Å²) in [6.07, 6.45) is 1.69. The van der Waals surface area contributed by atoms with E-state index in [1.807, 2.05) is 6.92 Å². The normalized spacial score (nSPS) is 11.3. The number of unbranched alkanes of at least 4 members (excludes halogenated alkanes) is 1.